The predicted octanol–water partition coefficient (Wildman–Crippen LogP) is 6.54. The highest BCUT2D eigenvalue weighted by Crippen LogP contribution is 2.30. The molecule has 0 radical (unpaired) electrons. The molecule has 0 spiro atoms. The smallest absolute Gasteiger partial charge is 0.408 e. The van der Waals surface area contributed by atoms with Crippen molar-refractivity contribution in [3.05, 3.63) is 81.8 Å². The maximum absolute atomic E-state index is 12.8. The Kier molecular flexibility index (Phi) is 8.13. The minimum absolute atomic E-state index is 0.00509. The van der Waals surface area contributed by atoms with E-state index in [4.69, 9.17) is 37.1 Å². The van der Waals surface area contributed by atoms with Crippen molar-refractivity contribution in [2.75, 3.05) is 0 Å². The Bertz CT molecular complexity index is 1520. The van der Waals surface area contributed by atoms with Crippen LogP contribution in [0.1, 0.15) is 36.7 Å². The van der Waals surface area contributed by atoms with Crippen LogP contribution in [0.15, 0.2) is 65.1 Å². The van der Waals surface area contributed by atoms with E-state index in [0.29, 0.717) is 38.2 Å². The average Bonchev–Trinajstić information content (AvgIpc) is 3.26. The third-order valence-electron chi connectivity index (χ3n) is 5.30. The van der Waals surface area contributed by atoms with E-state index in [9.17, 15) is 19.5 Å². The molecule has 9 nitrogen and oxygen atoms in total. The first-order valence-corrected chi connectivity index (χ1v) is 12.5. The SMILES string of the molecule is CC(C)(C)OC(=O)N[C@@H](Cc1ccc(OC(=O)c2ccc3nc(-c4cc(Cl)cc(Cl)c4)oc3c2)cc1)C(=O)O. The molecule has 0 fully saturated rings. The number of halogens is 2. The first kappa shape index (κ1) is 27.9. The van der Waals surface area contributed by atoms with Gasteiger partial charge in [0, 0.05) is 22.0 Å². The van der Waals surface area contributed by atoms with Crippen LogP contribution in [0.25, 0.3) is 22.6 Å². The van der Waals surface area contributed by atoms with Crippen LogP contribution in [0, 0.1) is 0 Å². The number of carbonyl (C=O) groups excluding carboxylic acids is 2. The molecular weight excluding hydrogens is 547 g/mol. The van der Waals surface area contributed by atoms with Gasteiger partial charge in [0.25, 0.3) is 0 Å². The third kappa shape index (κ3) is 7.49. The van der Waals surface area contributed by atoms with E-state index in [1.165, 1.54) is 18.2 Å². The van der Waals surface area contributed by atoms with Gasteiger partial charge in [-0.25, -0.2) is 19.4 Å². The molecule has 4 rings (SSSR count). The van der Waals surface area contributed by atoms with Crippen LogP contribution < -0.4 is 10.1 Å². The number of oxazole rings is 1. The number of fused-ring (bicyclic) bond motifs is 1. The molecule has 2 N–H and O–H groups in total. The van der Waals surface area contributed by atoms with Gasteiger partial charge in [-0.3, -0.25) is 0 Å². The number of hydrogen-bond acceptors (Lipinski definition) is 7. The Labute approximate surface area is 233 Å². The van der Waals surface area contributed by atoms with E-state index >= 15 is 0 Å². The Morgan fingerprint density at radius 1 is 1.00 bits per heavy atom. The second kappa shape index (κ2) is 11.3. The number of carbonyl (C=O) groups is 3. The summed E-state index contributed by atoms with van der Waals surface area (Å²) in [5.41, 5.74) is 1.60. The van der Waals surface area contributed by atoms with Crippen molar-refractivity contribution in [1.29, 1.82) is 0 Å². The summed E-state index contributed by atoms with van der Waals surface area (Å²) < 4.78 is 16.4. The summed E-state index contributed by atoms with van der Waals surface area (Å²) in [6.45, 7) is 5.04. The van der Waals surface area contributed by atoms with Gasteiger partial charge in [0.15, 0.2) is 5.58 Å². The van der Waals surface area contributed by atoms with Crippen LogP contribution in [-0.2, 0) is 16.0 Å². The van der Waals surface area contributed by atoms with E-state index < -0.39 is 29.7 Å². The number of aliphatic carboxylic acids is 1. The summed E-state index contributed by atoms with van der Waals surface area (Å²) in [5.74, 6) is -1.27. The second-order valence-corrected chi connectivity index (χ2v) is 10.5. The molecule has 0 saturated heterocycles. The van der Waals surface area contributed by atoms with E-state index in [2.05, 4.69) is 10.3 Å². The molecule has 0 aliphatic rings. The Morgan fingerprint density at radius 3 is 2.28 bits per heavy atom. The number of hydrogen-bond donors (Lipinski definition) is 2. The lowest BCUT2D eigenvalue weighted by molar-refractivity contribution is -0.139. The quantitative estimate of drug-likeness (QED) is 0.189. The summed E-state index contributed by atoms with van der Waals surface area (Å²) in [4.78, 5) is 40.8. The van der Waals surface area contributed by atoms with Crippen molar-refractivity contribution in [1.82, 2.24) is 10.3 Å². The zero-order chi connectivity index (χ0) is 28.3. The Morgan fingerprint density at radius 2 is 1.67 bits per heavy atom. The summed E-state index contributed by atoms with van der Waals surface area (Å²) in [5, 5.41) is 12.7. The standard InChI is InChI=1S/C28H24Cl2N2O7/c1-28(2,3)39-27(36)32-22(25(33)34)10-15-4-7-20(8-5-15)37-26(35)16-6-9-21-23(13-16)38-24(31-21)17-11-18(29)14-19(30)12-17/h4-9,11-14,22H,10H2,1-3H3,(H,32,36)(H,33,34)/t22-/m0/s1. The van der Waals surface area contributed by atoms with Crippen molar-refractivity contribution < 1.29 is 33.4 Å². The number of aromatic nitrogens is 1. The molecule has 0 aliphatic heterocycles. The van der Waals surface area contributed by atoms with Crippen molar-refractivity contribution in [2.45, 2.75) is 38.8 Å². The fourth-order valence-electron chi connectivity index (χ4n) is 3.60. The van der Waals surface area contributed by atoms with Crippen LogP contribution in [0.3, 0.4) is 0 Å². The highest BCUT2D eigenvalue weighted by Gasteiger charge is 2.24. The van der Waals surface area contributed by atoms with Gasteiger partial charge in [-0.2, -0.15) is 0 Å². The fourth-order valence-corrected chi connectivity index (χ4v) is 4.12. The number of nitrogens with zero attached hydrogens (tertiary/aromatic N) is 1. The number of carboxylic acid groups (broad SMARTS) is 1. The molecule has 1 amide bonds. The van der Waals surface area contributed by atoms with E-state index in [1.807, 2.05) is 0 Å². The van der Waals surface area contributed by atoms with Crippen molar-refractivity contribution in [3.63, 3.8) is 0 Å². The second-order valence-electron chi connectivity index (χ2n) is 9.63. The molecular formula is C28H24Cl2N2O7. The summed E-state index contributed by atoms with van der Waals surface area (Å²) >= 11 is 12.1. The summed E-state index contributed by atoms with van der Waals surface area (Å²) in [6.07, 6.45) is -0.821. The van der Waals surface area contributed by atoms with Gasteiger partial charge in [-0.15, -0.1) is 0 Å². The van der Waals surface area contributed by atoms with Gasteiger partial charge in [-0.05, 0) is 74.9 Å². The number of amides is 1. The van der Waals surface area contributed by atoms with Crippen molar-refractivity contribution in [2.24, 2.45) is 0 Å². The fraction of sp³-hybridized carbons (Fsp3) is 0.214. The minimum Gasteiger partial charge on any atom is -0.480 e. The molecule has 202 valence electrons. The van der Waals surface area contributed by atoms with Crippen LogP contribution in [0.5, 0.6) is 5.75 Å². The molecule has 3 aromatic carbocycles. The molecule has 0 aliphatic carbocycles. The number of ether oxygens (including phenoxy) is 2. The molecule has 1 heterocycles. The molecule has 39 heavy (non-hydrogen) atoms. The van der Waals surface area contributed by atoms with Gasteiger partial charge < -0.3 is 24.3 Å². The first-order valence-electron chi connectivity index (χ1n) is 11.8. The van der Waals surface area contributed by atoms with Crippen LogP contribution in [0.2, 0.25) is 10.0 Å². The van der Waals surface area contributed by atoms with Gasteiger partial charge in [0.2, 0.25) is 5.89 Å². The van der Waals surface area contributed by atoms with Gasteiger partial charge in [-0.1, -0.05) is 35.3 Å². The Balaban J connectivity index is 1.42. The van der Waals surface area contributed by atoms with E-state index in [0.717, 1.165) is 0 Å². The highest BCUT2D eigenvalue weighted by atomic mass is 35.5. The third-order valence-corrected chi connectivity index (χ3v) is 5.73. The maximum atomic E-state index is 12.8. The van der Waals surface area contributed by atoms with Crippen molar-refractivity contribution >= 4 is 52.3 Å². The predicted molar refractivity (Wildman–Crippen MR) is 145 cm³/mol. The normalized spacial score (nSPS) is 12.1. The van der Waals surface area contributed by atoms with Crippen LogP contribution in [0.4, 0.5) is 4.79 Å². The number of alkyl carbamates (subject to hydrolysis) is 1. The molecule has 1 aromatic heterocycles. The van der Waals surface area contributed by atoms with Gasteiger partial charge in [0.05, 0.1) is 5.56 Å². The monoisotopic (exact) mass is 570 g/mol. The van der Waals surface area contributed by atoms with Crippen molar-refractivity contribution in [3.8, 4) is 17.2 Å². The summed E-state index contributed by atoms with van der Waals surface area (Å²) in [7, 11) is 0. The Hall–Kier alpha value is -4.08. The van der Waals surface area contributed by atoms with Crippen LogP contribution in [-0.4, -0.2) is 39.8 Å². The number of benzene rings is 3. The number of carboxylic acids is 1. The molecule has 4 aromatic rings. The lowest BCUT2D eigenvalue weighted by Gasteiger charge is -2.22. The number of esters is 1. The number of nitrogens with one attached hydrogen (secondary N) is 1. The van der Waals surface area contributed by atoms with Gasteiger partial charge in [0.1, 0.15) is 22.9 Å². The molecule has 0 saturated carbocycles. The lowest BCUT2D eigenvalue weighted by atomic mass is 10.1. The largest absolute Gasteiger partial charge is 0.480 e. The maximum Gasteiger partial charge on any atom is 0.408 e. The molecule has 11 heteroatoms. The lowest BCUT2D eigenvalue weighted by Crippen LogP contribution is -2.44. The molecule has 0 bridgehead atoms. The topological polar surface area (TPSA) is 128 Å². The first-order chi connectivity index (χ1) is 18.4. The average molecular weight is 571 g/mol. The van der Waals surface area contributed by atoms with E-state index in [-0.39, 0.29) is 17.7 Å². The zero-order valence-corrected chi connectivity index (χ0v) is 22.7. The zero-order valence-electron chi connectivity index (χ0n) is 21.2. The summed E-state index contributed by atoms with van der Waals surface area (Å²) in [6, 6.07) is 14.8. The molecule has 0 unspecified atom stereocenters. The highest BCUT2D eigenvalue weighted by molar-refractivity contribution is 6.35. The minimum atomic E-state index is -1.21. The van der Waals surface area contributed by atoms with E-state index in [1.54, 1.807) is 63.2 Å². The van der Waals surface area contributed by atoms with Gasteiger partial charge >= 0.3 is 18.0 Å². The number of rotatable bonds is 7. The van der Waals surface area contributed by atoms with Crippen LogP contribution >= 0.6 is 23.2 Å². The molecule has 1 atom stereocenters.